The molecule has 0 fully saturated rings. The van der Waals surface area contributed by atoms with Gasteiger partial charge >= 0.3 is 6.85 Å². The van der Waals surface area contributed by atoms with E-state index in [2.05, 4.69) is 217 Å². The molecule has 0 bridgehead atoms. The topological polar surface area (TPSA) is 21.3 Å². The molecule has 0 N–H and O–H groups in total. The van der Waals surface area contributed by atoms with Crippen molar-refractivity contribution in [1.29, 1.82) is 0 Å². The molecule has 0 saturated carbocycles. The molecule has 68 heavy (non-hydrogen) atoms. The van der Waals surface area contributed by atoms with Crippen molar-refractivity contribution < 1.29 is 4.42 Å². The van der Waals surface area contributed by atoms with Crippen molar-refractivity contribution in [2.75, 3.05) is 4.81 Å². The molecular formula is C62H51BN2OS2. The van der Waals surface area contributed by atoms with Crippen LogP contribution in [-0.4, -0.2) is 11.4 Å². The van der Waals surface area contributed by atoms with Gasteiger partial charge in [0.1, 0.15) is 11.2 Å². The molecule has 0 aliphatic carbocycles. The summed E-state index contributed by atoms with van der Waals surface area (Å²) >= 11 is 3.82. The number of benzene rings is 8. The summed E-state index contributed by atoms with van der Waals surface area (Å²) in [5.41, 5.74) is 18.4. The molecule has 6 heteroatoms. The fraction of sp³-hybridized carbons (Fsp3) is 0.194. The van der Waals surface area contributed by atoms with Gasteiger partial charge in [0.15, 0.2) is 0 Å². The summed E-state index contributed by atoms with van der Waals surface area (Å²) in [6.07, 6.45) is 0. The lowest BCUT2D eigenvalue weighted by molar-refractivity contribution is 0.590. The standard InChI is InChI=1S/C62H51BN2OS2/c1-60(2,3)36-19-23-39(24-20-36)65-47-32-53-42(40-25-21-38(62(7,8)9)30-52(40)68-53)31-44(47)56-57-58-54(55-41-17-13-14-18-49(41)66-59(55)56)43-29-37(61(4,5)6)22-26-46(43)64(58)48-33-51-35(27-45(48)63(57)65)28-50(67-51)34-15-11-10-12-16-34/h10-33H,1-9H3. The number of rotatable bonds is 2. The Kier molecular flexibility index (Phi) is 8.07. The van der Waals surface area contributed by atoms with Crippen molar-refractivity contribution in [3.8, 4) is 27.3 Å². The number of furan rings is 1. The predicted octanol–water partition coefficient (Wildman–Crippen LogP) is 17.1. The molecule has 12 aromatic rings. The SMILES string of the molecule is CC(C)(C)c1ccc(N2B3c4cc5cc(-c6ccccc6)sc5cc4-n4c5ccc(C(C)(C)C)cc5c5c6c(oc7ccccc76)c(c3c54)-c3cc4c(cc32)sc2cc(C(C)(C)C)ccc24)cc1. The van der Waals surface area contributed by atoms with E-state index < -0.39 is 0 Å². The van der Waals surface area contributed by atoms with Crippen molar-refractivity contribution >= 4 is 126 Å². The van der Waals surface area contributed by atoms with Gasteiger partial charge in [0.05, 0.1) is 11.0 Å². The van der Waals surface area contributed by atoms with Gasteiger partial charge in [0, 0.05) is 79.5 Å². The molecule has 0 saturated heterocycles. The van der Waals surface area contributed by atoms with E-state index in [1.807, 2.05) is 22.7 Å². The maximum atomic E-state index is 7.36. The van der Waals surface area contributed by atoms with E-state index in [4.69, 9.17) is 4.42 Å². The van der Waals surface area contributed by atoms with Gasteiger partial charge < -0.3 is 13.8 Å². The minimum absolute atomic E-state index is 0.0183. The number of hydrogen-bond donors (Lipinski definition) is 0. The summed E-state index contributed by atoms with van der Waals surface area (Å²) in [7, 11) is 0. The van der Waals surface area contributed by atoms with Crippen LogP contribution >= 0.6 is 22.7 Å². The summed E-state index contributed by atoms with van der Waals surface area (Å²) in [5, 5.41) is 8.79. The lowest BCUT2D eigenvalue weighted by atomic mass is 9.43. The largest absolute Gasteiger partial charge is 0.455 e. The summed E-state index contributed by atoms with van der Waals surface area (Å²) in [6.45, 7) is 20.7. The summed E-state index contributed by atoms with van der Waals surface area (Å²) < 4.78 is 13.9. The number of anilines is 2. The van der Waals surface area contributed by atoms with E-state index in [1.54, 1.807) is 0 Å². The molecule has 4 aromatic heterocycles. The molecule has 6 heterocycles. The van der Waals surface area contributed by atoms with Gasteiger partial charge in [-0.1, -0.05) is 147 Å². The number of para-hydroxylation sites is 1. The van der Waals surface area contributed by atoms with Crippen LogP contribution in [0.1, 0.15) is 79.0 Å². The third-order valence-corrected chi connectivity index (χ3v) is 17.5. The second-order valence-corrected chi connectivity index (χ2v) is 24.7. The Morgan fingerprint density at radius 3 is 1.96 bits per heavy atom. The van der Waals surface area contributed by atoms with Gasteiger partial charge in [-0.25, -0.2) is 0 Å². The van der Waals surface area contributed by atoms with E-state index in [0.717, 1.165) is 16.6 Å². The Bertz CT molecular complexity index is 4140. The van der Waals surface area contributed by atoms with Crippen LogP contribution in [0.3, 0.4) is 0 Å². The van der Waals surface area contributed by atoms with Gasteiger partial charge in [-0.3, -0.25) is 0 Å². The zero-order valence-corrected chi connectivity index (χ0v) is 41.7. The van der Waals surface area contributed by atoms with E-state index in [1.165, 1.54) is 124 Å². The van der Waals surface area contributed by atoms with Gasteiger partial charge in [-0.15, -0.1) is 22.7 Å². The van der Waals surface area contributed by atoms with Crippen LogP contribution in [0.5, 0.6) is 0 Å². The molecule has 0 amide bonds. The molecule has 3 nitrogen and oxygen atoms in total. The fourth-order valence-electron chi connectivity index (χ4n) is 11.7. The van der Waals surface area contributed by atoms with E-state index in [9.17, 15) is 0 Å². The van der Waals surface area contributed by atoms with Crippen LogP contribution in [-0.2, 0) is 16.2 Å². The van der Waals surface area contributed by atoms with Crippen LogP contribution in [0.25, 0.3) is 101 Å². The van der Waals surface area contributed by atoms with Crippen LogP contribution < -0.4 is 15.7 Å². The highest BCUT2D eigenvalue weighted by molar-refractivity contribution is 7.26. The molecule has 14 rings (SSSR count). The van der Waals surface area contributed by atoms with Gasteiger partial charge in [0.25, 0.3) is 0 Å². The van der Waals surface area contributed by atoms with Gasteiger partial charge in [0.2, 0.25) is 0 Å². The Morgan fingerprint density at radius 1 is 0.515 bits per heavy atom. The first kappa shape index (κ1) is 40.5. The zero-order chi connectivity index (χ0) is 46.3. The highest BCUT2D eigenvalue weighted by Gasteiger charge is 2.46. The van der Waals surface area contributed by atoms with Crippen LogP contribution in [0.15, 0.2) is 150 Å². The third kappa shape index (κ3) is 5.59. The van der Waals surface area contributed by atoms with Crippen LogP contribution in [0.2, 0.25) is 0 Å². The quantitative estimate of drug-likeness (QED) is 0.161. The third-order valence-electron chi connectivity index (χ3n) is 15.2. The second kappa shape index (κ2) is 13.6. The smallest absolute Gasteiger partial charge is 0.333 e. The van der Waals surface area contributed by atoms with E-state index in [-0.39, 0.29) is 23.1 Å². The Hall–Kier alpha value is -6.60. The van der Waals surface area contributed by atoms with Crippen molar-refractivity contribution in [2.24, 2.45) is 0 Å². The average molecular weight is 915 g/mol. The Morgan fingerprint density at radius 2 is 1.19 bits per heavy atom. The van der Waals surface area contributed by atoms with Crippen LogP contribution in [0.4, 0.5) is 11.4 Å². The molecule has 330 valence electrons. The maximum absolute atomic E-state index is 7.36. The van der Waals surface area contributed by atoms with Crippen molar-refractivity contribution in [2.45, 2.75) is 78.6 Å². The highest BCUT2D eigenvalue weighted by atomic mass is 32.1. The molecule has 0 unspecified atom stereocenters. The lowest BCUT2D eigenvalue weighted by Gasteiger charge is -2.42. The number of fused-ring (bicyclic) bond motifs is 17. The molecule has 0 atom stereocenters. The molecule has 0 spiro atoms. The summed E-state index contributed by atoms with van der Waals surface area (Å²) in [4.78, 5) is 3.98. The Labute approximate surface area is 405 Å². The molecular weight excluding hydrogens is 864 g/mol. The first-order chi connectivity index (χ1) is 32.6. The lowest BCUT2D eigenvalue weighted by Crippen LogP contribution is -2.60. The normalized spacial score (nSPS) is 13.9. The minimum Gasteiger partial charge on any atom is -0.455 e. The van der Waals surface area contributed by atoms with Gasteiger partial charge in [-0.05, 0) is 115 Å². The zero-order valence-electron chi connectivity index (χ0n) is 40.1. The maximum Gasteiger partial charge on any atom is 0.333 e. The monoisotopic (exact) mass is 914 g/mol. The summed E-state index contributed by atoms with van der Waals surface area (Å²) in [5.74, 6) is 0. The first-order valence-corrected chi connectivity index (χ1v) is 25.7. The fourth-order valence-corrected chi connectivity index (χ4v) is 13.9. The molecule has 8 aromatic carbocycles. The number of aromatic nitrogens is 1. The molecule has 0 radical (unpaired) electrons. The number of nitrogens with zero attached hydrogens (tertiary/aromatic N) is 2. The van der Waals surface area contributed by atoms with Gasteiger partial charge in [-0.2, -0.15) is 0 Å². The van der Waals surface area contributed by atoms with Crippen molar-refractivity contribution in [1.82, 2.24) is 4.57 Å². The van der Waals surface area contributed by atoms with E-state index >= 15 is 0 Å². The van der Waals surface area contributed by atoms with E-state index in [0.29, 0.717) is 0 Å². The minimum atomic E-state index is -0.157. The first-order valence-electron chi connectivity index (χ1n) is 24.1. The van der Waals surface area contributed by atoms with Crippen LogP contribution in [0, 0.1) is 0 Å². The van der Waals surface area contributed by atoms with Crippen molar-refractivity contribution in [3.05, 3.63) is 162 Å². The molecule has 2 aliphatic rings. The Balaban J connectivity index is 1.19. The summed E-state index contributed by atoms with van der Waals surface area (Å²) in [6, 6.07) is 56.0. The highest BCUT2D eigenvalue weighted by Crippen LogP contribution is 2.54. The van der Waals surface area contributed by atoms with Crippen molar-refractivity contribution in [3.63, 3.8) is 0 Å². The predicted molar refractivity (Wildman–Crippen MR) is 297 cm³/mol. The average Bonchev–Trinajstić information content (AvgIpc) is 4.09. The number of thiophene rings is 2. The second-order valence-electron chi connectivity index (χ2n) is 22.6. The molecule has 2 aliphatic heterocycles. The number of hydrogen-bond acceptors (Lipinski definition) is 4.